The number of carbonyl (C=O) groups excluding carboxylic acids is 1. The third-order valence-electron chi connectivity index (χ3n) is 2.95. The van der Waals surface area contributed by atoms with Gasteiger partial charge in [0.1, 0.15) is 5.75 Å². The summed E-state index contributed by atoms with van der Waals surface area (Å²) in [4.78, 5) is 11.8. The maximum atomic E-state index is 11.8. The first-order chi connectivity index (χ1) is 9.28. The van der Waals surface area contributed by atoms with Gasteiger partial charge in [-0.05, 0) is 44.3 Å². The van der Waals surface area contributed by atoms with E-state index >= 15 is 0 Å². The smallest absolute Gasteiger partial charge is 0.311 e. The third-order valence-corrected chi connectivity index (χ3v) is 3.91. The first-order valence-corrected chi connectivity index (χ1v) is 10.1. The van der Waals surface area contributed by atoms with Gasteiger partial charge in [0, 0.05) is 0 Å². The molecule has 0 bridgehead atoms. The average molecular weight is 296 g/mol. The summed E-state index contributed by atoms with van der Waals surface area (Å²) in [6.45, 7) is 8.15. The minimum Gasteiger partial charge on any atom is -0.497 e. The molecule has 0 saturated carbocycles. The Labute approximate surface area is 122 Å². The second-order valence-electron chi connectivity index (χ2n) is 5.74. The SMILES string of the molecule is COC(=O)C(C)C(O[Si](C)(C)C)c1ccc(OC)cc1. The van der Waals surface area contributed by atoms with Crippen LogP contribution in [-0.4, -0.2) is 28.5 Å². The molecular weight excluding hydrogens is 272 g/mol. The molecule has 1 aromatic rings. The molecule has 1 rings (SSSR count). The minimum absolute atomic E-state index is 0.260. The fourth-order valence-corrected chi connectivity index (χ4v) is 3.04. The van der Waals surface area contributed by atoms with Gasteiger partial charge in [0.15, 0.2) is 8.32 Å². The maximum absolute atomic E-state index is 11.8. The Bertz CT molecular complexity index is 436. The molecule has 0 saturated heterocycles. The van der Waals surface area contributed by atoms with Crippen LogP contribution in [0.2, 0.25) is 19.6 Å². The Morgan fingerprint density at radius 2 is 1.65 bits per heavy atom. The molecule has 0 aliphatic heterocycles. The van der Waals surface area contributed by atoms with Crippen LogP contribution in [-0.2, 0) is 14.0 Å². The summed E-state index contributed by atoms with van der Waals surface area (Å²) in [6.07, 6.45) is -0.292. The zero-order chi connectivity index (χ0) is 15.3. The van der Waals surface area contributed by atoms with E-state index < -0.39 is 8.32 Å². The highest BCUT2D eigenvalue weighted by Gasteiger charge is 2.31. The van der Waals surface area contributed by atoms with Crippen LogP contribution in [0.1, 0.15) is 18.6 Å². The van der Waals surface area contributed by atoms with Crippen molar-refractivity contribution in [2.24, 2.45) is 5.92 Å². The highest BCUT2D eigenvalue weighted by molar-refractivity contribution is 6.69. The van der Waals surface area contributed by atoms with Crippen molar-refractivity contribution in [2.75, 3.05) is 14.2 Å². The van der Waals surface area contributed by atoms with Crippen molar-refractivity contribution in [3.63, 3.8) is 0 Å². The van der Waals surface area contributed by atoms with Gasteiger partial charge in [-0.25, -0.2) is 0 Å². The normalized spacial score (nSPS) is 14.5. The largest absolute Gasteiger partial charge is 0.497 e. The number of carbonyl (C=O) groups is 1. The summed E-state index contributed by atoms with van der Waals surface area (Å²) in [5.41, 5.74) is 0.964. The number of rotatable bonds is 6. The lowest BCUT2D eigenvalue weighted by molar-refractivity contribution is -0.148. The van der Waals surface area contributed by atoms with E-state index in [0.29, 0.717) is 0 Å². The van der Waals surface area contributed by atoms with E-state index in [9.17, 15) is 4.79 Å². The number of ether oxygens (including phenoxy) is 2. The van der Waals surface area contributed by atoms with Crippen LogP contribution in [0.4, 0.5) is 0 Å². The summed E-state index contributed by atoms with van der Waals surface area (Å²) in [5, 5.41) is 0. The summed E-state index contributed by atoms with van der Waals surface area (Å²) < 4.78 is 16.2. The third kappa shape index (κ3) is 4.65. The van der Waals surface area contributed by atoms with E-state index in [1.165, 1.54) is 7.11 Å². The lowest BCUT2D eigenvalue weighted by Crippen LogP contribution is -2.33. The van der Waals surface area contributed by atoms with Gasteiger partial charge in [-0.2, -0.15) is 0 Å². The van der Waals surface area contributed by atoms with Crippen molar-refractivity contribution >= 4 is 14.3 Å². The molecule has 0 aliphatic carbocycles. The molecule has 0 aliphatic rings. The zero-order valence-electron chi connectivity index (χ0n) is 13.1. The molecule has 0 fully saturated rings. The summed E-state index contributed by atoms with van der Waals surface area (Å²) in [7, 11) is 1.24. The molecule has 0 spiro atoms. The van der Waals surface area contributed by atoms with Crippen molar-refractivity contribution in [3.8, 4) is 5.75 Å². The van der Waals surface area contributed by atoms with E-state index in [4.69, 9.17) is 13.9 Å². The Morgan fingerprint density at radius 1 is 1.10 bits per heavy atom. The molecule has 2 unspecified atom stereocenters. The van der Waals surface area contributed by atoms with Crippen molar-refractivity contribution in [1.82, 2.24) is 0 Å². The number of hydrogen-bond donors (Lipinski definition) is 0. The average Bonchev–Trinajstić information content (AvgIpc) is 2.42. The summed E-state index contributed by atoms with van der Waals surface area (Å²) >= 11 is 0. The van der Waals surface area contributed by atoms with Crippen LogP contribution in [0.5, 0.6) is 5.75 Å². The van der Waals surface area contributed by atoms with Crippen LogP contribution < -0.4 is 4.74 Å². The Morgan fingerprint density at radius 3 is 2.05 bits per heavy atom. The first kappa shape index (κ1) is 16.7. The van der Waals surface area contributed by atoms with Gasteiger partial charge < -0.3 is 13.9 Å². The van der Waals surface area contributed by atoms with Crippen LogP contribution in [0.15, 0.2) is 24.3 Å². The minimum atomic E-state index is -1.79. The van der Waals surface area contributed by atoms with Crippen LogP contribution in [0.25, 0.3) is 0 Å². The molecule has 112 valence electrons. The second-order valence-corrected chi connectivity index (χ2v) is 10.2. The van der Waals surface area contributed by atoms with Gasteiger partial charge in [-0.1, -0.05) is 12.1 Å². The fourth-order valence-electron chi connectivity index (χ4n) is 1.94. The molecule has 2 atom stereocenters. The Kier molecular flexibility index (Phi) is 5.77. The summed E-state index contributed by atoms with van der Waals surface area (Å²) in [5.74, 6) is 0.176. The predicted molar refractivity (Wildman–Crippen MR) is 81.3 cm³/mol. The first-order valence-electron chi connectivity index (χ1n) is 6.68. The van der Waals surface area contributed by atoms with E-state index in [1.54, 1.807) is 7.11 Å². The topological polar surface area (TPSA) is 44.8 Å². The second kappa shape index (κ2) is 6.90. The van der Waals surface area contributed by atoms with Gasteiger partial charge in [-0.15, -0.1) is 0 Å². The molecular formula is C15H24O4Si. The van der Waals surface area contributed by atoms with Crippen LogP contribution in [0, 0.1) is 5.92 Å². The molecule has 0 aromatic heterocycles. The van der Waals surface area contributed by atoms with Gasteiger partial charge in [-0.3, -0.25) is 4.79 Å². The maximum Gasteiger partial charge on any atom is 0.311 e. The van der Waals surface area contributed by atoms with Crippen LogP contribution in [0.3, 0.4) is 0 Å². The molecule has 20 heavy (non-hydrogen) atoms. The number of hydrogen-bond acceptors (Lipinski definition) is 4. The monoisotopic (exact) mass is 296 g/mol. The van der Waals surface area contributed by atoms with E-state index in [-0.39, 0.29) is 18.0 Å². The quantitative estimate of drug-likeness (QED) is 0.596. The van der Waals surface area contributed by atoms with Gasteiger partial charge in [0.05, 0.1) is 26.2 Å². The molecule has 5 heteroatoms. The standard InChI is InChI=1S/C15H24O4Si/c1-11(15(16)18-3)14(19-20(4,5)6)12-7-9-13(17-2)10-8-12/h7-11,14H,1-6H3. The molecule has 0 heterocycles. The predicted octanol–water partition coefficient (Wildman–Crippen LogP) is 3.40. The highest BCUT2D eigenvalue weighted by atomic mass is 28.4. The van der Waals surface area contributed by atoms with Crippen molar-refractivity contribution in [2.45, 2.75) is 32.7 Å². The van der Waals surface area contributed by atoms with Gasteiger partial charge in [0.2, 0.25) is 0 Å². The lowest BCUT2D eigenvalue weighted by Gasteiger charge is -2.30. The lowest BCUT2D eigenvalue weighted by atomic mass is 9.97. The van der Waals surface area contributed by atoms with Gasteiger partial charge >= 0.3 is 5.97 Å². The molecule has 0 radical (unpaired) electrons. The van der Waals surface area contributed by atoms with Crippen LogP contribution >= 0.6 is 0 Å². The molecule has 1 aromatic carbocycles. The number of benzene rings is 1. The van der Waals surface area contributed by atoms with Crippen molar-refractivity contribution in [1.29, 1.82) is 0 Å². The van der Waals surface area contributed by atoms with Crippen molar-refractivity contribution < 1.29 is 18.7 Å². The molecule has 0 amide bonds. The van der Waals surface area contributed by atoms with Crippen molar-refractivity contribution in [3.05, 3.63) is 29.8 Å². The Hall–Kier alpha value is -1.33. The number of esters is 1. The van der Waals surface area contributed by atoms with E-state index in [2.05, 4.69) is 19.6 Å². The van der Waals surface area contributed by atoms with E-state index in [1.807, 2.05) is 31.2 Å². The Balaban J connectivity index is 3.05. The highest BCUT2D eigenvalue weighted by Crippen LogP contribution is 2.31. The molecule has 4 nitrogen and oxygen atoms in total. The zero-order valence-corrected chi connectivity index (χ0v) is 14.1. The molecule has 0 N–H and O–H groups in total. The summed E-state index contributed by atoms with van der Waals surface area (Å²) in [6, 6.07) is 7.62. The van der Waals surface area contributed by atoms with Gasteiger partial charge in [0.25, 0.3) is 0 Å². The van der Waals surface area contributed by atoms with E-state index in [0.717, 1.165) is 11.3 Å². The fraction of sp³-hybridized carbons (Fsp3) is 0.533. The number of methoxy groups -OCH3 is 2.